The summed E-state index contributed by atoms with van der Waals surface area (Å²) in [7, 11) is -15.9. The van der Waals surface area contributed by atoms with E-state index in [2.05, 4.69) is 67.6 Å². The van der Waals surface area contributed by atoms with E-state index in [1.165, 1.54) is 38.0 Å². The first-order chi connectivity index (χ1) is 37.5. The van der Waals surface area contributed by atoms with Crippen molar-refractivity contribution in [1.82, 2.24) is 35.5 Å². The maximum Gasteiger partial charge on any atom is 0.490 e. The number of allylic oxidation sites excluding steroid dienone is 1. The first-order valence-electron chi connectivity index (χ1n) is 22.5. The number of phosphoric acid groups is 4. The van der Waals surface area contributed by atoms with Gasteiger partial charge in [-0.3, -0.25) is 47.6 Å². The molecule has 0 bridgehead atoms. The van der Waals surface area contributed by atoms with Crippen molar-refractivity contribution in [2.45, 2.75) is 73.6 Å². The van der Waals surface area contributed by atoms with Gasteiger partial charge in [0.05, 0.1) is 24.4 Å². The Kier molecular flexibility index (Phi) is 23.2. The first kappa shape index (κ1) is 66.5. The molecule has 0 saturated carbocycles. The van der Waals surface area contributed by atoms with Gasteiger partial charge in [0.15, 0.2) is 54.1 Å². The van der Waals surface area contributed by atoms with E-state index in [0.29, 0.717) is 6.29 Å². The molecule has 0 aliphatic carbocycles. The minimum absolute atomic E-state index is 0.00518. The number of anilines is 4. The molecular weight excluding hydrogens is 1280 g/mol. The summed E-state index contributed by atoms with van der Waals surface area (Å²) in [4.78, 5) is 96.2. The molecule has 5 rings (SSSR count). The molecular formula is C36H60IN15O24P4. The predicted molar refractivity (Wildman–Crippen MR) is 284 cm³/mol. The fourth-order valence-corrected chi connectivity index (χ4v) is 13.2. The second kappa shape index (κ2) is 27.9. The number of likely N-dealkylation sites (N-methyl/N-ethyl adjacent to an activating group) is 3. The first-order valence-corrected chi connectivity index (χ1v) is 30.0. The second-order valence-corrected chi connectivity index (χ2v) is 23.3. The van der Waals surface area contributed by atoms with E-state index in [0.717, 1.165) is 25.4 Å². The third-order valence-electron chi connectivity index (χ3n) is 11.7. The molecule has 80 heavy (non-hydrogen) atoms. The molecule has 10 unspecified atom stereocenters. The average Bonchev–Trinajstić information content (AvgIpc) is 4.03. The van der Waals surface area contributed by atoms with Crippen LogP contribution in [0, 0.1) is 0 Å². The van der Waals surface area contributed by atoms with Crippen LogP contribution in [0.2, 0.25) is 0 Å². The summed E-state index contributed by atoms with van der Waals surface area (Å²) >= 11 is 1.87. The van der Waals surface area contributed by atoms with Crippen molar-refractivity contribution in [3.63, 3.8) is 0 Å². The number of alkyl halides is 1. The summed E-state index contributed by atoms with van der Waals surface area (Å²) in [5, 5.41) is 38.4. The number of halogens is 1. The van der Waals surface area contributed by atoms with Gasteiger partial charge in [0, 0.05) is 42.4 Å². The summed E-state index contributed by atoms with van der Waals surface area (Å²) in [6.07, 6.45) is -17.9. The van der Waals surface area contributed by atoms with Crippen LogP contribution >= 0.6 is 53.9 Å². The van der Waals surface area contributed by atoms with Crippen molar-refractivity contribution in [1.29, 1.82) is 0 Å². The lowest BCUT2D eigenvalue weighted by Crippen LogP contribution is -2.49. The number of hydrogen-bond donors (Lipinski definition) is 13. The minimum atomic E-state index is -6.21. The number of ether oxygens (including phenoxy) is 5. The Hall–Kier alpha value is -4.29. The van der Waals surface area contributed by atoms with E-state index in [-0.39, 0.29) is 56.8 Å². The van der Waals surface area contributed by atoms with Gasteiger partial charge in [-0.15, -0.1) is 0 Å². The van der Waals surface area contributed by atoms with Gasteiger partial charge in [-0.25, -0.2) is 28.2 Å². The van der Waals surface area contributed by atoms with Crippen LogP contribution in [0.3, 0.4) is 0 Å². The van der Waals surface area contributed by atoms with E-state index in [4.69, 9.17) is 59.0 Å². The lowest BCUT2D eigenvalue weighted by molar-refractivity contribution is -0.105. The number of nitrogens with zero attached hydrogens (tertiary/aromatic N) is 9. The number of aliphatic imine (C=N–C) groups is 3. The van der Waals surface area contributed by atoms with Gasteiger partial charge in [-0.05, 0) is 13.4 Å². The lowest BCUT2D eigenvalue weighted by Gasteiger charge is -2.33. The monoisotopic (exact) mass is 1340 g/mol. The SMILES string of the molecule is C=Nc1c(N)ncnc1N(C)[C@@H]1O[C@H](COP(=O)(O)OP(=O)(O)OP(=O)(O)OC[C@H]2O[C@@H](N(CI)/C(NC(N)=NC)=C(/C=O)NC)C(O)C2OC)C(OP(=O)(O)OC[C@H]2O[C@@H](N(C)c3nc(N)[nH]c(=O)c3N=C)C(O)C2O)C1OC. The van der Waals surface area contributed by atoms with Gasteiger partial charge >= 0.3 is 31.3 Å². The number of aliphatic hydroxyl groups excluding tert-OH is 3. The van der Waals surface area contributed by atoms with Crippen molar-refractivity contribution in [3.05, 3.63) is 28.2 Å². The van der Waals surface area contributed by atoms with Crippen molar-refractivity contribution < 1.29 is 108 Å². The summed E-state index contributed by atoms with van der Waals surface area (Å²) in [5.74, 6) is -1.01. The lowest BCUT2D eigenvalue weighted by atomic mass is 10.1. The van der Waals surface area contributed by atoms with Crippen LogP contribution in [0.25, 0.3) is 0 Å². The topological polar surface area (TPSA) is 549 Å². The number of guanidine groups is 1. The van der Waals surface area contributed by atoms with E-state index in [1.54, 1.807) is 0 Å². The molecule has 3 aliphatic rings. The number of phosphoric ester groups is 3. The molecule has 450 valence electrons. The Morgan fingerprint density at radius 2 is 1.34 bits per heavy atom. The number of H-pyrrole nitrogens is 1. The number of aromatic amines is 1. The molecule has 2 aromatic rings. The normalized spacial score (nSPS) is 29.3. The van der Waals surface area contributed by atoms with Crippen molar-refractivity contribution in [2.75, 3.05) is 88.0 Å². The number of methoxy groups -OCH3 is 2. The Bertz CT molecular complexity index is 2870. The molecule has 16 atom stereocenters. The summed E-state index contributed by atoms with van der Waals surface area (Å²) in [6, 6.07) is 0. The molecule has 0 spiro atoms. The highest BCUT2D eigenvalue weighted by atomic mass is 127. The fourth-order valence-electron chi connectivity index (χ4n) is 7.98. The molecule has 3 saturated heterocycles. The maximum atomic E-state index is 13.8. The molecule has 2 aromatic heterocycles. The number of rotatable bonds is 29. The number of nitrogens with two attached hydrogens (primary N) is 3. The number of nitrogen functional groups attached to an aromatic ring is 2. The number of hydrogen-bond acceptors (Lipinski definition) is 32. The number of aromatic nitrogens is 4. The number of aliphatic hydroxyl groups is 3. The number of carbonyl (C=O) groups is 1. The minimum Gasteiger partial charge on any atom is -0.387 e. The van der Waals surface area contributed by atoms with Crippen LogP contribution in [0.15, 0.2) is 37.6 Å². The summed E-state index contributed by atoms with van der Waals surface area (Å²) < 4.78 is 111. The molecule has 3 aliphatic heterocycles. The highest BCUT2D eigenvalue weighted by molar-refractivity contribution is 14.1. The zero-order valence-corrected chi connectivity index (χ0v) is 48.6. The quantitative estimate of drug-likeness (QED) is 0.00562. The second-order valence-electron chi connectivity index (χ2n) is 16.6. The molecule has 5 heterocycles. The summed E-state index contributed by atoms with van der Waals surface area (Å²) in [5.41, 5.74) is 16.2. The highest BCUT2D eigenvalue weighted by Gasteiger charge is 2.54. The van der Waals surface area contributed by atoms with Crippen LogP contribution in [0.4, 0.5) is 34.8 Å². The van der Waals surface area contributed by atoms with E-state index in [9.17, 15) is 62.7 Å². The van der Waals surface area contributed by atoms with E-state index < -0.39 is 130 Å². The van der Waals surface area contributed by atoms with E-state index in [1.807, 2.05) is 22.6 Å². The molecule has 0 radical (unpaired) electrons. The Labute approximate surface area is 467 Å². The van der Waals surface area contributed by atoms with Gasteiger partial charge in [0.2, 0.25) is 5.95 Å². The van der Waals surface area contributed by atoms with Crippen molar-refractivity contribution in [2.24, 2.45) is 20.7 Å². The molecule has 0 amide bonds. The van der Waals surface area contributed by atoms with Crippen LogP contribution in [0.5, 0.6) is 0 Å². The fraction of sp³-hybridized carbons (Fsp3) is 0.611. The van der Waals surface area contributed by atoms with Crippen molar-refractivity contribution in [3.8, 4) is 0 Å². The Morgan fingerprint density at radius 3 is 1.88 bits per heavy atom. The number of carbonyl (C=O) groups excluding carboxylic acids is 1. The molecule has 39 nitrogen and oxygen atoms in total. The van der Waals surface area contributed by atoms with Crippen LogP contribution in [-0.4, -0.2) is 226 Å². The van der Waals surface area contributed by atoms with Crippen molar-refractivity contribution >= 4 is 114 Å². The zero-order valence-electron chi connectivity index (χ0n) is 42.8. The molecule has 44 heteroatoms. The van der Waals surface area contributed by atoms with Gasteiger partial charge in [-0.2, -0.15) is 13.6 Å². The predicted octanol–water partition coefficient (Wildman–Crippen LogP) is -3.07. The third kappa shape index (κ3) is 15.9. The van der Waals surface area contributed by atoms with Gasteiger partial charge in [-0.1, -0.05) is 22.6 Å². The summed E-state index contributed by atoms with van der Waals surface area (Å²) in [6.45, 7) is 3.45. The van der Waals surface area contributed by atoms with E-state index >= 15 is 0 Å². The van der Waals surface area contributed by atoms with Gasteiger partial charge < -0.3 is 101 Å². The molecule has 0 aromatic carbocycles. The van der Waals surface area contributed by atoms with Gasteiger partial charge in [0.1, 0.15) is 78.5 Å². The largest absolute Gasteiger partial charge is 0.490 e. The molecule has 3 fully saturated rings. The Balaban J connectivity index is 1.31. The third-order valence-corrected chi connectivity index (χ3v) is 17.6. The standard InChI is InChI=1S/C36H60IN15O24P4/c1-41-15(9-53)28(47-35(39)44-4)52(13-37)33-23(56)24(66-7)17(72-33)11-69-78(60,61)75-80(64,65)76-79(62,63)70-12-18-25(26(67-8)34(73-18)50(5)29-19(42-2)27(38)45-14-46-29)74-77(58,59)68-10-16-21(54)22(55)32(71-16)51(6)30-20(43-3)31(57)49-36(40)48-30/h9,14,16-18,21-26,32-34,41,54-56H,2-3,10-13H2,1,4-8H3,(H,58,59)(H,60,61)(H,62,63)(H,64,65)(H2,38,45,46)(H3,39,44,47)(H3,40,48,49,57)/b28-15-/t16-,17-,18-,21?,22?,23?,24?,25?,26?,32-,33-,34-/m1/s1. The molecule has 16 N–H and O–H groups in total. The van der Waals surface area contributed by atoms with Crippen LogP contribution in [0.1, 0.15) is 0 Å². The maximum absolute atomic E-state index is 13.8. The number of aldehydes is 1. The average molecular weight is 1340 g/mol. The smallest absolute Gasteiger partial charge is 0.387 e. The highest BCUT2D eigenvalue weighted by Crippen LogP contribution is 2.68. The number of nitrogens with one attached hydrogen (secondary N) is 3. The van der Waals surface area contributed by atoms with Crippen LogP contribution < -0.4 is 43.2 Å². The Morgan fingerprint density at radius 1 is 0.800 bits per heavy atom. The van der Waals surface area contributed by atoms with Crippen LogP contribution in [-0.2, 0) is 73.5 Å². The zero-order chi connectivity index (χ0) is 59.8. The van der Waals surface area contributed by atoms with Gasteiger partial charge in [0.25, 0.3) is 5.56 Å².